The predicted molar refractivity (Wildman–Crippen MR) is 175 cm³/mol. The lowest BCUT2D eigenvalue weighted by Crippen LogP contribution is -2.45. The highest BCUT2D eigenvalue weighted by molar-refractivity contribution is 7.13. The Morgan fingerprint density at radius 3 is 2.49 bits per heavy atom. The van der Waals surface area contributed by atoms with Gasteiger partial charge in [0.15, 0.2) is 5.69 Å². The number of aromatic nitrogens is 3. The van der Waals surface area contributed by atoms with Crippen LogP contribution in [-0.2, 0) is 17.5 Å². The number of esters is 1. The Morgan fingerprint density at radius 2 is 1.83 bits per heavy atom. The number of pyridine rings is 2. The quantitative estimate of drug-likeness (QED) is 0.234. The van der Waals surface area contributed by atoms with Gasteiger partial charge in [-0.2, -0.15) is 13.2 Å². The number of likely N-dealkylation sites (N-methyl/N-ethyl adjacent to an activating group) is 1. The summed E-state index contributed by atoms with van der Waals surface area (Å²) in [5.41, 5.74) is 0.0273. The number of piperazine rings is 1. The summed E-state index contributed by atoms with van der Waals surface area (Å²) in [5, 5.41) is 6.49. The van der Waals surface area contributed by atoms with Crippen molar-refractivity contribution in [2.45, 2.75) is 39.5 Å². The first-order chi connectivity index (χ1) is 22.3. The normalized spacial score (nSPS) is 14.5. The van der Waals surface area contributed by atoms with E-state index in [1.165, 1.54) is 18.5 Å². The molecule has 1 aliphatic heterocycles. The number of benzene rings is 1. The zero-order chi connectivity index (χ0) is 33.9. The molecule has 0 atom stereocenters. The lowest BCUT2D eigenvalue weighted by atomic mass is 9.99. The summed E-state index contributed by atoms with van der Waals surface area (Å²) in [6, 6.07) is 5.85. The third kappa shape index (κ3) is 7.97. The Kier molecular flexibility index (Phi) is 10.3. The zero-order valence-electron chi connectivity index (χ0n) is 26.5. The number of hydrogen-bond donors (Lipinski definition) is 2. The number of nitrogens with zero attached hydrogens (tertiary/aromatic N) is 5. The van der Waals surface area contributed by atoms with E-state index >= 15 is 0 Å². The Bertz CT molecular complexity index is 1830. The van der Waals surface area contributed by atoms with Crippen LogP contribution in [0, 0.1) is 0 Å². The monoisotopic (exact) mass is 671 g/mol. The number of urea groups is 1. The Hall–Kier alpha value is -4.34. The van der Waals surface area contributed by atoms with Crippen molar-refractivity contribution in [3.05, 3.63) is 63.5 Å². The molecule has 0 bridgehead atoms. The molecule has 0 unspecified atom stereocenters. The minimum atomic E-state index is -4.65. The summed E-state index contributed by atoms with van der Waals surface area (Å²) >= 11 is 0.796. The topological polar surface area (TPSA) is 122 Å². The van der Waals surface area contributed by atoms with Crippen molar-refractivity contribution in [2.75, 3.05) is 51.7 Å². The van der Waals surface area contributed by atoms with Crippen LogP contribution in [0.4, 0.5) is 23.8 Å². The number of ether oxygens (including phenoxy) is 1. The van der Waals surface area contributed by atoms with Gasteiger partial charge in [-0.3, -0.25) is 15.0 Å². The number of alkyl halides is 3. The number of thiazole rings is 1. The molecule has 15 heteroatoms. The minimum absolute atomic E-state index is 0.0481. The molecule has 4 aromatic rings. The third-order valence-electron chi connectivity index (χ3n) is 7.73. The highest BCUT2D eigenvalue weighted by Gasteiger charge is 2.34. The molecule has 4 heterocycles. The maximum atomic E-state index is 13.7. The van der Waals surface area contributed by atoms with Crippen LogP contribution in [0.1, 0.15) is 36.8 Å². The van der Waals surface area contributed by atoms with Crippen LogP contribution in [0.3, 0.4) is 0 Å². The van der Waals surface area contributed by atoms with Crippen molar-refractivity contribution in [3.63, 3.8) is 0 Å². The van der Waals surface area contributed by atoms with Crippen LogP contribution in [0.15, 0.2) is 46.8 Å². The van der Waals surface area contributed by atoms with Gasteiger partial charge in [0.25, 0.3) is 0 Å². The van der Waals surface area contributed by atoms with Crippen LogP contribution in [0.2, 0.25) is 0 Å². The maximum Gasteiger partial charge on any atom is 0.434 e. The summed E-state index contributed by atoms with van der Waals surface area (Å²) in [4.78, 5) is 51.7. The number of amides is 2. The molecule has 0 spiro atoms. The predicted octanol–water partition coefficient (Wildman–Crippen LogP) is 5.16. The van der Waals surface area contributed by atoms with Crippen molar-refractivity contribution >= 4 is 40.1 Å². The molecule has 11 nitrogen and oxygen atoms in total. The molecule has 250 valence electrons. The van der Waals surface area contributed by atoms with Gasteiger partial charge >= 0.3 is 18.2 Å². The van der Waals surface area contributed by atoms with Gasteiger partial charge in [-0.15, -0.1) is 11.3 Å². The maximum absolute atomic E-state index is 13.7. The molecule has 5 rings (SSSR count). The highest BCUT2D eigenvalue weighted by Crippen LogP contribution is 2.39. The lowest BCUT2D eigenvalue weighted by molar-refractivity contribution is -0.140. The molecule has 1 aromatic carbocycles. The molecule has 3 aromatic heterocycles. The fraction of sp³-hybridized carbons (Fsp3) is 0.406. The summed E-state index contributed by atoms with van der Waals surface area (Å²) in [5.74, 6) is -0.639. The number of carbonyl (C=O) groups is 2. The van der Waals surface area contributed by atoms with E-state index in [1.807, 2.05) is 4.57 Å². The molecule has 1 saturated heterocycles. The molecule has 47 heavy (non-hydrogen) atoms. The fourth-order valence-corrected chi connectivity index (χ4v) is 6.15. The minimum Gasteiger partial charge on any atom is -0.462 e. The third-order valence-corrected chi connectivity index (χ3v) is 8.61. The van der Waals surface area contributed by atoms with E-state index in [2.05, 4.69) is 37.4 Å². The number of fused-ring (bicyclic) bond motifs is 1. The first-order valence-corrected chi connectivity index (χ1v) is 16.1. The number of halogens is 3. The molecule has 2 amide bonds. The molecule has 1 aliphatic rings. The summed E-state index contributed by atoms with van der Waals surface area (Å²) in [6.45, 7) is 10.2. The molecule has 0 radical (unpaired) electrons. The first kappa shape index (κ1) is 34.0. The van der Waals surface area contributed by atoms with Crippen LogP contribution >= 0.6 is 11.3 Å². The van der Waals surface area contributed by atoms with Crippen molar-refractivity contribution in [1.29, 1.82) is 0 Å². The molecular formula is C32H36F3N7O4S. The standard InChI is InChI=1S/C32H36F3N7O4S/c1-5-46-30(44)24-17-42(13-12-41-10-8-40(4)9-11-41)25-7-6-20(14-22(25)28(24)43)23-16-36-27(39-31(45)37-19(2)3)15-21(23)29-38-26(18-47-29)32(33,34)35/h6-7,14-19H,5,8-13H2,1-4H3,(H2,36,37,39,45). The van der Waals surface area contributed by atoms with Gasteiger partial charge in [0.2, 0.25) is 5.43 Å². The van der Waals surface area contributed by atoms with Crippen molar-refractivity contribution in [1.82, 2.24) is 29.7 Å². The fourth-order valence-electron chi connectivity index (χ4n) is 5.30. The van der Waals surface area contributed by atoms with E-state index in [0.29, 0.717) is 29.7 Å². The van der Waals surface area contributed by atoms with Gasteiger partial charge in [0, 0.05) is 79.6 Å². The van der Waals surface area contributed by atoms with E-state index in [-0.39, 0.29) is 40.0 Å². The highest BCUT2D eigenvalue weighted by atomic mass is 32.1. The summed E-state index contributed by atoms with van der Waals surface area (Å²) in [6.07, 6.45) is -1.71. The Balaban J connectivity index is 1.60. The van der Waals surface area contributed by atoms with Gasteiger partial charge in [-0.25, -0.2) is 19.6 Å². The van der Waals surface area contributed by atoms with Crippen LogP contribution < -0.4 is 16.1 Å². The van der Waals surface area contributed by atoms with E-state index in [0.717, 1.165) is 42.9 Å². The second-order valence-corrected chi connectivity index (χ2v) is 12.4. The van der Waals surface area contributed by atoms with Gasteiger partial charge in [-0.1, -0.05) is 6.07 Å². The van der Waals surface area contributed by atoms with Gasteiger partial charge in [0.1, 0.15) is 16.4 Å². The van der Waals surface area contributed by atoms with E-state index in [9.17, 15) is 27.6 Å². The summed E-state index contributed by atoms with van der Waals surface area (Å²) in [7, 11) is 2.08. The van der Waals surface area contributed by atoms with E-state index in [1.54, 1.807) is 39.0 Å². The number of rotatable bonds is 9. The second kappa shape index (κ2) is 14.2. The van der Waals surface area contributed by atoms with Gasteiger partial charge in [0.05, 0.1) is 12.1 Å². The van der Waals surface area contributed by atoms with Crippen LogP contribution in [-0.4, -0.2) is 88.8 Å². The second-order valence-electron chi connectivity index (χ2n) is 11.6. The smallest absolute Gasteiger partial charge is 0.434 e. The number of carbonyl (C=O) groups excluding carboxylic acids is 2. The number of hydrogen-bond acceptors (Lipinski definition) is 9. The van der Waals surface area contributed by atoms with Gasteiger partial charge in [-0.05, 0) is 51.6 Å². The SMILES string of the molecule is CCOC(=O)c1cn(CCN2CCN(C)CC2)c2ccc(-c3cnc(NC(=O)NC(C)C)cc3-c3nc(C(F)(F)F)cs3)cc2c1=O. The average molecular weight is 672 g/mol. The molecule has 2 N–H and O–H groups in total. The lowest BCUT2D eigenvalue weighted by Gasteiger charge is -2.32. The first-order valence-electron chi connectivity index (χ1n) is 15.2. The van der Waals surface area contributed by atoms with E-state index in [4.69, 9.17) is 4.74 Å². The van der Waals surface area contributed by atoms with Crippen molar-refractivity contribution in [3.8, 4) is 21.7 Å². The number of anilines is 1. The van der Waals surface area contributed by atoms with Crippen molar-refractivity contribution < 1.29 is 27.5 Å². The molecule has 1 fully saturated rings. The zero-order valence-corrected chi connectivity index (χ0v) is 27.3. The van der Waals surface area contributed by atoms with E-state index < -0.39 is 29.3 Å². The Morgan fingerprint density at radius 1 is 1.09 bits per heavy atom. The van der Waals surface area contributed by atoms with Gasteiger partial charge < -0.3 is 19.5 Å². The average Bonchev–Trinajstić information content (AvgIpc) is 3.52. The van der Waals surface area contributed by atoms with Crippen molar-refractivity contribution in [2.24, 2.45) is 0 Å². The van der Waals surface area contributed by atoms with Crippen LogP contribution in [0.5, 0.6) is 0 Å². The molecule has 0 saturated carbocycles. The largest absolute Gasteiger partial charge is 0.462 e. The number of nitrogens with one attached hydrogen (secondary N) is 2. The summed E-state index contributed by atoms with van der Waals surface area (Å²) < 4.78 is 47.6. The molecule has 0 aliphatic carbocycles. The van der Waals surface area contributed by atoms with Crippen LogP contribution in [0.25, 0.3) is 32.6 Å². The molecular weight excluding hydrogens is 635 g/mol. The Labute approximate surface area is 273 Å².